The zero-order valence-corrected chi connectivity index (χ0v) is 9.79. The van der Waals surface area contributed by atoms with E-state index in [1.165, 1.54) is 5.56 Å². The van der Waals surface area contributed by atoms with Gasteiger partial charge in [-0.15, -0.1) is 0 Å². The van der Waals surface area contributed by atoms with Gasteiger partial charge >= 0.3 is 0 Å². The molecule has 80 valence electrons. The lowest BCUT2D eigenvalue weighted by molar-refractivity contribution is 0.403. The quantitative estimate of drug-likeness (QED) is 0.755. The van der Waals surface area contributed by atoms with Crippen LogP contribution in [0.1, 0.15) is 36.5 Å². The fraction of sp³-hybridized carbons (Fsp3) is 0.462. The lowest BCUT2D eigenvalue weighted by Gasteiger charge is -2.17. The van der Waals surface area contributed by atoms with Gasteiger partial charge in [-0.05, 0) is 24.0 Å². The highest BCUT2D eigenvalue weighted by molar-refractivity contribution is 5.48. The summed E-state index contributed by atoms with van der Waals surface area (Å²) in [5.74, 6) is 1.31. The van der Waals surface area contributed by atoms with Gasteiger partial charge in [0.15, 0.2) is 0 Å². The molecule has 1 aromatic rings. The highest BCUT2D eigenvalue weighted by Crippen LogP contribution is 2.33. The van der Waals surface area contributed by atoms with E-state index in [0.717, 1.165) is 16.9 Å². The van der Waals surface area contributed by atoms with Crippen LogP contribution < -0.4 is 4.74 Å². The Balaban J connectivity index is 3.36. The molecule has 0 aliphatic heterocycles. The number of ether oxygens (including phenoxy) is 1. The molecular formula is C13H17NO. The molecule has 0 aliphatic carbocycles. The van der Waals surface area contributed by atoms with Crippen molar-refractivity contribution in [2.24, 2.45) is 0 Å². The molecular weight excluding hydrogens is 186 g/mol. The average molecular weight is 203 g/mol. The maximum atomic E-state index is 8.77. The number of methoxy groups -OCH3 is 1. The van der Waals surface area contributed by atoms with Gasteiger partial charge in [0.25, 0.3) is 0 Å². The van der Waals surface area contributed by atoms with Gasteiger partial charge in [-0.25, -0.2) is 0 Å². The van der Waals surface area contributed by atoms with Gasteiger partial charge in [0.05, 0.1) is 19.6 Å². The Morgan fingerprint density at radius 1 is 1.40 bits per heavy atom. The van der Waals surface area contributed by atoms with E-state index in [4.69, 9.17) is 10.00 Å². The highest BCUT2D eigenvalue weighted by Gasteiger charge is 2.14. The summed E-state index contributed by atoms with van der Waals surface area (Å²) in [6.45, 7) is 6.28. The van der Waals surface area contributed by atoms with Gasteiger partial charge in [0.1, 0.15) is 5.75 Å². The maximum absolute atomic E-state index is 8.77. The van der Waals surface area contributed by atoms with Crippen LogP contribution >= 0.6 is 0 Å². The molecule has 0 amide bonds. The molecule has 1 rings (SSSR count). The molecule has 0 saturated carbocycles. The number of hydrogen-bond donors (Lipinski definition) is 0. The topological polar surface area (TPSA) is 33.0 Å². The smallest absolute Gasteiger partial charge is 0.125 e. The largest absolute Gasteiger partial charge is 0.496 e. The van der Waals surface area contributed by atoms with Gasteiger partial charge < -0.3 is 4.74 Å². The van der Waals surface area contributed by atoms with E-state index in [1.807, 2.05) is 19.1 Å². The van der Waals surface area contributed by atoms with E-state index in [9.17, 15) is 0 Å². The summed E-state index contributed by atoms with van der Waals surface area (Å²) in [4.78, 5) is 0. The minimum atomic E-state index is 0.378. The second-order valence-corrected chi connectivity index (χ2v) is 3.98. The number of rotatable bonds is 3. The van der Waals surface area contributed by atoms with Crippen LogP contribution in [-0.4, -0.2) is 7.11 Å². The van der Waals surface area contributed by atoms with Gasteiger partial charge in [0.2, 0.25) is 0 Å². The molecule has 2 nitrogen and oxygen atoms in total. The first-order chi connectivity index (χ1) is 7.11. The first-order valence-electron chi connectivity index (χ1n) is 5.15. The molecule has 0 N–H and O–H groups in total. The maximum Gasteiger partial charge on any atom is 0.125 e. The molecule has 0 radical (unpaired) electrons. The summed E-state index contributed by atoms with van der Waals surface area (Å²) in [5.41, 5.74) is 3.37. The molecule has 1 aromatic carbocycles. The lowest BCUT2D eigenvalue weighted by atomic mass is 9.92. The number of nitriles is 1. The van der Waals surface area contributed by atoms with Crippen molar-refractivity contribution in [1.82, 2.24) is 0 Å². The fourth-order valence-electron chi connectivity index (χ4n) is 1.89. The van der Waals surface area contributed by atoms with E-state index in [0.29, 0.717) is 12.3 Å². The summed E-state index contributed by atoms with van der Waals surface area (Å²) in [7, 11) is 1.68. The van der Waals surface area contributed by atoms with Crippen LogP contribution in [-0.2, 0) is 6.42 Å². The van der Waals surface area contributed by atoms with E-state index >= 15 is 0 Å². The van der Waals surface area contributed by atoms with Gasteiger partial charge in [-0.2, -0.15) is 5.26 Å². The molecule has 2 heteroatoms. The van der Waals surface area contributed by atoms with Crippen molar-refractivity contribution in [1.29, 1.82) is 5.26 Å². The van der Waals surface area contributed by atoms with Crippen LogP contribution in [0.3, 0.4) is 0 Å². The molecule has 0 bridgehead atoms. The van der Waals surface area contributed by atoms with Crippen LogP contribution in [0, 0.1) is 18.3 Å². The second kappa shape index (κ2) is 4.84. The first kappa shape index (κ1) is 11.6. The van der Waals surface area contributed by atoms with Gasteiger partial charge in [-0.1, -0.05) is 26.0 Å². The third kappa shape index (κ3) is 2.30. The zero-order valence-electron chi connectivity index (χ0n) is 9.79. The van der Waals surface area contributed by atoms with Gasteiger partial charge in [-0.3, -0.25) is 0 Å². The molecule has 0 aliphatic rings. The minimum Gasteiger partial charge on any atom is -0.496 e. The number of benzene rings is 1. The molecule has 0 aromatic heterocycles. The second-order valence-electron chi connectivity index (χ2n) is 3.98. The summed E-state index contributed by atoms with van der Waals surface area (Å²) in [6.07, 6.45) is 0.449. The number of nitrogens with zero attached hydrogens (tertiary/aromatic N) is 1. The van der Waals surface area contributed by atoms with Crippen molar-refractivity contribution in [3.05, 3.63) is 28.8 Å². The molecule has 0 atom stereocenters. The number of hydrogen-bond acceptors (Lipinski definition) is 2. The molecule has 0 saturated heterocycles. The third-order valence-electron chi connectivity index (χ3n) is 2.53. The monoisotopic (exact) mass is 203 g/mol. The Hall–Kier alpha value is -1.49. The van der Waals surface area contributed by atoms with Crippen LogP contribution in [0.2, 0.25) is 0 Å². The van der Waals surface area contributed by atoms with E-state index in [-0.39, 0.29) is 0 Å². The van der Waals surface area contributed by atoms with E-state index in [1.54, 1.807) is 7.11 Å². The Labute approximate surface area is 91.5 Å². The summed E-state index contributed by atoms with van der Waals surface area (Å²) < 4.78 is 5.41. The normalized spacial score (nSPS) is 10.1. The van der Waals surface area contributed by atoms with Crippen molar-refractivity contribution in [2.75, 3.05) is 7.11 Å². The first-order valence-corrected chi connectivity index (χ1v) is 5.15. The van der Waals surface area contributed by atoms with Crippen molar-refractivity contribution < 1.29 is 4.74 Å². The molecule has 0 heterocycles. The Bertz CT molecular complexity index is 388. The average Bonchev–Trinajstić information content (AvgIpc) is 2.20. The molecule has 15 heavy (non-hydrogen) atoms. The predicted octanol–water partition coefficient (Wildman–Crippen LogP) is 3.19. The SMILES string of the molecule is COc1c(C)ccc(CC#N)c1C(C)C. The van der Waals surface area contributed by atoms with Crippen molar-refractivity contribution in [3.8, 4) is 11.8 Å². The van der Waals surface area contributed by atoms with Crippen LogP contribution in [0.5, 0.6) is 5.75 Å². The van der Waals surface area contributed by atoms with Crippen molar-refractivity contribution >= 4 is 0 Å². The van der Waals surface area contributed by atoms with Gasteiger partial charge in [0, 0.05) is 5.56 Å². The van der Waals surface area contributed by atoms with Crippen molar-refractivity contribution in [3.63, 3.8) is 0 Å². The third-order valence-corrected chi connectivity index (χ3v) is 2.53. The molecule has 0 fully saturated rings. The van der Waals surface area contributed by atoms with Crippen LogP contribution in [0.4, 0.5) is 0 Å². The molecule has 0 spiro atoms. The van der Waals surface area contributed by atoms with E-state index < -0.39 is 0 Å². The standard InChI is InChI=1S/C13H17NO/c1-9(2)12-11(7-8-14)6-5-10(3)13(12)15-4/h5-6,9H,7H2,1-4H3. The summed E-state index contributed by atoms with van der Waals surface area (Å²) >= 11 is 0. The van der Waals surface area contributed by atoms with Crippen molar-refractivity contribution in [2.45, 2.75) is 33.1 Å². The Kier molecular flexibility index (Phi) is 3.74. The van der Waals surface area contributed by atoms with E-state index in [2.05, 4.69) is 19.9 Å². The van der Waals surface area contributed by atoms with Crippen LogP contribution in [0.15, 0.2) is 12.1 Å². The lowest BCUT2D eigenvalue weighted by Crippen LogP contribution is -2.01. The minimum absolute atomic E-state index is 0.378. The highest BCUT2D eigenvalue weighted by atomic mass is 16.5. The Morgan fingerprint density at radius 2 is 2.07 bits per heavy atom. The summed E-state index contributed by atoms with van der Waals surface area (Å²) in [6, 6.07) is 6.23. The predicted molar refractivity (Wildman–Crippen MR) is 61.1 cm³/mol. The zero-order chi connectivity index (χ0) is 11.4. The molecule has 0 unspecified atom stereocenters. The Morgan fingerprint density at radius 3 is 2.53 bits per heavy atom. The number of aryl methyl sites for hydroxylation is 1. The van der Waals surface area contributed by atoms with Crippen LogP contribution in [0.25, 0.3) is 0 Å². The summed E-state index contributed by atoms with van der Waals surface area (Å²) in [5, 5.41) is 8.77. The fourth-order valence-corrected chi connectivity index (χ4v) is 1.89.